The van der Waals surface area contributed by atoms with E-state index in [1.807, 2.05) is 55.5 Å². The van der Waals surface area contributed by atoms with Gasteiger partial charge in [-0.15, -0.1) is 0 Å². The molecule has 4 rings (SSSR count). The van der Waals surface area contributed by atoms with Crippen LogP contribution in [0.4, 0.5) is 11.6 Å². The van der Waals surface area contributed by atoms with Crippen molar-refractivity contribution in [3.05, 3.63) is 112 Å². The van der Waals surface area contributed by atoms with Gasteiger partial charge in [0.15, 0.2) is 0 Å². The third-order valence-electron chi connectivity index (χ3n) is 5.93. The van der Waals surface area contributed by atoms with Crippen molar-refractivity contribution < 1.29 is 19.3 Å². The summed E-state index contributed by atoms with van der Waals surface area (Å²) in [7, 11) is 2.86. The topological polar surface area (TPSA) is 95.5 Å². The second kappa shape index (κ2) is 12.2. The molecule has 0 spiro atoms. The molecule has 1 heterocycles. The summed E-state index contributed by atoms with van der Waals surface area (Å²) in [5, 5.41) is 3.35. The van der Waals surface area contributed by atoms with Crippen molar-refractivity contribution in [2.75, 3.05) is 19.5 Å². The van der Waals surface area contributed by atoms with Crippen LogP contribution >= 0.6 is 0 Å². The van der Waals surface area contributed by atoms with Crippen LogP contribution in [-0.4, -0.2) is 35.1 Å². The first-order valence-electron chi connectivity index (χ1n) is 11.9. The zero-order valence-electron chi connectivity index (χ0n) is 21.4. The van der Waals surface area contributed by atoms with Crippen LogP contribution < -0.4 is 5.32 Å². The molecule has 3 aromatic carbocycles. The van der Waals surface area contributed by atoms with Crippen molar-refractivity contribution in [3.63, 3.8) is 0 Å². The van der Waals surface area contributed by atoms with Gasteiger partial charge in [-0.2, -0.15) is 9.97 Å². The van der Waals surface area contributed by atoms with E-state index in [-0.39, 0.29) is 0 Å². The van der Waals surface area contributed by atoms with Crippen LogP contribution in [-0.2, 0) is 34.0 Å². The van der Waals surface area contributed by atoms with Gasteiger partial charge in [0.25, 0.3) is 0 Å². The first-order valence-corrected chi connectivity index (χ1v) is 11.9. The molecule has 0 saturated heterocycles. The van der Waals surface area contributed by atoms with E-state index in [0.29, 0.717) is 42.6 Å². The number of aromatic nitrogens is 3. The van der Waals surface area contributed by atoms with Crippen LogP contribution in [0.1, 0.15) is 49.8 Å². The second-order valence-electron chi connectivity index (χ2n) is 8.63. The number of nitrogens with one attached hydrogen (secondary N) is 1. The first-order chi connectivity index (χ1) is 18.0. The Labute approximate surface area is 216 Å². The zero-order valence-corrected chi connectivity index (χ0v) is 21.4. The Bertz CT molecular complexity index is 1390. The molecule has 0 atom stereocenters. The van der Waals surface area contributed by atoms with Gasteiger partial charge in [-0.05, 0) is 48.2 Å². The number of rotatable bonds is 10. The fourth-order valence-electron chi connectivity index (χ4n) is 4.07. The van der Waals surface area contributed by atoms with E-state index in [2.05, 4.69) is 18.3 Å². The van der Waals surface area contributed by atoms with E-state index in [4.69, 9.17) is 29.5 Å². The van der Waals surface area contributed by atoms with Crippen LogP contribution in [0.3, 0.4) is 0 Å². The maximum Gasteiger partial charge on any atom is 0.338 e. The molecule has 0 saturated carbocycles. The molecule has 1 N–H and O–H groups in total. The maximum absolute atomic E-state index is 12.3. The Balaban J connectivity index is 1.72. The van der Waals surface area contributed by atoms with Crippen LogP contribution in [0.15, 0.2) is 66.7 Å². The molecule has 0 aliphatic carbocycles. The van der Waals surface area contributed by atoms with Crippen LogP contribution in [0.2, 0.25) is 0 Å². The Morgan fingerprint density at radius 2 is 1.46 bits per heavy atom. The standard InChI is InChI=1S/C29H30N4O4/c1-19-13-14-25(20(2)15-19)30-29-32-26(16-21-9-5-6-11-23(21)18-37-36-4)31-27(33-29)17-22-10-7-8-12-24(22)28(34)35-3/h5-15H,16-18H2,1-4H3,(H,30,31,32,33). The van der Waals surface area contributed by atoms with Gasteiger partial charge in [-0.1, -0.05) is 60.2 Å². The van der Waals surface area contributed by atoms with Gasteiger partial charge in [-0.3, -0.25) is 0 Å². The highest BCUT2D eigenvalue weighted by atomic mass is 17.2. The van der Waals surface area contributed by atoms with E-state index >= 15 is 0 Å². The molecular formula is C29H30N4O4. The van der Waals surface area contributed by atoms with E-state index in [1.54, 1.807) is 12.1 Å². The largest absolute Gasteiger partial charge is 0.465 e. The lowest BCUT2D eigenvalue weighted by molar-refractivity contribution is -0.282. The van der Waals surface area contributed by atoms with Gasteiger partial charge in [-0.25, -0.2) is 19.6 Å². The number of hydrogen-bond acceptors (Lipinski definition) is 8. The van der Waals surface area contributed by atoms with Crippen molar-refractivity contribution in [2.24, 2.45) is 0 Å². The van der Waals surface area contributed by atoms with E-state index in [0.717, 1.165) is 27.9 Å². The summed E-state index contributed by atoms with van der Waals surface area (Å²) in [6.45, 7) is 4.40. The number of aryl methyl sites for hydroxylation is 2. The Morgan fingerprint density at radius 1 is 0.811 bits per heavy atom. The molecule has 8 nitrogen and oxygen atoms in total. The quantitative estimate of drug-likeness (QED) is 0.179. The van der Waals surface area contributed by atoms with Crippen molar-refractivity contribution in [3.8, 4) is 0 Å². The number of anilines is 2. The maximum atomic E-state index is 12.3. The molecule has 0 fully saturated rings. The number of ether oxygens (including phenoxy) is 1. The number of hydrogen-bond donors (Lipinski definition) is 1. The minimum atomic E-state index is -0.398. The van der Waals surface area contributed by atoms with Gasteiger partial charge in [0.05, 0.1) is 19.8 Å². The summed E-state index contributed by atoms with van der Waals surface area (Å²) in [5.74, 6) is 1.18. The Kier molecular flexibility index (Phi) is 8.56. The molecular weight excluding hydrogens is 468 g/mol. The number of carbonyl (C=O) groups is 1. The lowest BCUT2D eigenvalue weighted by Gasteiger charge is -2.13. The molecule has 1 aromatic heterocycles. The summed E-state index contributed by atoms with van der Waals surface area (Å²) >= 11 is 0. The van der Waals surface area contributed by atoms with Gasteiger partial charge in [0, 0.05) is 18.5 Å². The van der Waals surface area contributed by atoms with Crippen LogP contribution in [0.25, 0.3) is 0 Å². The summed E-state index contributed by atoms with van der Waals surface area (Å²) in [6, 6.07) is 21.4. The Hall–Kier alpha value is -4.14. The molecule has 37 heavy (non-hydrogen) atoms. The minimum Gasteiger partial charge on any atom is -0.465 e. The number of nitrogens with zero attached hydrogens (tertiary/aromatic N) is 3. The van der Waals surface area contributed by atoms with Crippen LogP contribution in [0.5, 0.6) is 0 Å². The summed E-state index contributed by atoms with van der Waals surface area (Å²) in [4.78, 5) is 36.5. The number of carbonyl (C=O) groups excluding carboxylic acids is 1. The predicted molar refractivity (Wildman–Crippen MR) is 141 cm³/mol. The molecule has 0 aliphatic rings. The monoisotopic (exact) mass is 498 g/mol. The smallest absolute Gasteiger partial charge is 0.338 e. The third-order valence-corrected chi connectivity index (χ3v) is 5.93. The van der Waals surface area contributed by atoms with Gasteiger partial charge in [0.2, 0.25) is 5.95 Å². The Morgan fingerprint density at radius 3 is 2.14 bits per heavy atom. The van der Waals surface area contributed by atoms with Crippen molar-refractivity contribution in [1.82, 2.24) is 15.0 Å². The fourth-order valence-corrected chi connectivity index (χ4v) is 4.07. The molecule has 8 heteroatoms. The predicted octanol–water partition coefficient (Wildman–Crippen LogP) is 5.28. The highest BCUT2D eigenvalue weighted by molar-refractivity contribution is 5.91. The summed E-state index contributed by atoms with van der Waals surface area (Å²) in [5.41, 5.74) is 6.43. The minimum absolute atomic E-state index is 0.310. The van der Waals surface area contributed by atoms with E-state index < -0.39 is 5.97 Å². The van der Waals surface area contributed by atoms with Crippen LogP contribution in [0, 0.1) is 13.8 Å². The lowest BCUT2D eigenvalue weighted by Crippen LogP contribution is -2.12. The molecule has 0 unspecified atom stereocenters. The molecule has 0 aliphatic heterocycles. The SMILES string of the molecule is COOCc1ccccc1Cc1nc(Cc2ccccc2C(=O)OC)nc(Nc2ccc(C)cc2C)n1. The first kappa shape index (κ1) is 25.9. The van der Waals surface area contributed by atoms with Gasteiger partial charge < -0.3 is 10.1 Å². The molecule has 0 bridgehead atoms. The summed E-state index contributed by atoms with van der Waals surface area (Å²) < 4.78 is 4.96. The number of benzene rings is 3. The van der Waals surface area contributed by atoms with Crippen molar-refractivity contribution in [2.45, 2.75) is 33.3 Å². The number of esters is 1. The molecule has 0 amide bonds. The van der Waals surface area contributed by atoms with Gasteiger partial charge in [0.1, 0.15) is 18.3 Å². The zero-order chi connectivity index (χ0) is 26.2. The van der Waals surface area contributed by atoms with Crippen molar-refractivity contribution in [1.29, 1.82) is 0 Å². The highest BCUT2D eigenvalue weighted by Crippen LogP contribution is 2.22. The summed E-state index contributed by atoms with van der Waals surface area (Å²) in [6.07, 6.45) is 0.815. The van der Waals surface area contributed by atoms with Crippen molar-refractivity contribution >= 4 is 17.6 Å². The second-order valence-corrected chi connectivity index (χ2v) is 8.63. The average molecular weight is 499 g/mol. The lowest BCUT2D eigenvalue weighted by atomic mass is 10.0. The van der Waals surface area contributed by atoms with E-state index in [1.165, 1.54) is 19.8 Å². The average Bonchev–Trinajstić information content (AvgIpc) is 2.89. The molecule has 4 aromatic rings. The molecule has 190 valence electrons. The highest BCUT2D eigenvalue weighted by Gasteiger charge is 2.16. The fraction of sp³-hybridized carbons (Fsp3) is 0.241. The normalized spacial score (nSPS) is 10.8. The molecule has 0 radical (unpaired) electrons. The van der Waals surface area contributed by atoms with Gasteiger partial charge >= 0.3 is 5.97 Å². The third kappa shape index (κ3) is 6.75. The number of methoxy groups -OCH3 is 1. The van der Waals surface area contributed by atoms with E-state index in [9.17, 15) is 4.79 Å².